The smallest absolute Gasteiger partial charge is 0.342 e. The first kappa shape index (κ1) is 15.7. The molecule has 0 saturated heterocycles. The molecule has 1 rings (SSSR count). The summed E-state index contributed by atoms with van der Waals surface area (Å²) >= 11 is 0. The van der Waals surface area contributed by atoms with E-state index in [1.165, 1.54) is 10.8 Å². The predicted molar refractivity (Wildman–Crippen MR) is 66.9 cm³/mol. The standard InChI is InChI=1S/C10H15N5O5/c1-7-11-5-9(15(19)20)14(7)3-2-12-13-8(6-16)4-10(17)18/h5-6,8,12-13H,2-4H2,1H3,(H,17,18)/t8-/m0/s1. The summed E-state index contributed by atoms with van der Waals surface area (Å²) in [7, 11) is 0. The van der Waals surface area contributed by atoms with Crippen molar-refractivity contribution in [1.82, 2.24) is 20.4 Å². The van der Waals surface area contributed by atoms with E-state index in [9.17, 15) is 19.7 Å². The van der Waals surface area contributed by atoms with Crippen molar-refractivity contribution >= 4 is 18.1 Å². The number of hydrazine groups is 1. The summed E-state index contributed by atoms with van der Waals surface area (Å²) in [5.74, 6) is -0.727. The van der Waals surface area contributed by atoms with E-state index < -0.39 is 16.9 Å². The molecule has 0 aliphatic heterocycles. The maximum atomic E-state index is 10.7. The SMILES string of the molecule is Cc1ncc([N+](=O)[O-])n1CCNN[C@H](C=O)CC(=O)O. The molecule has 0 bridgehead atoms. The highest BCUT2D eigenvalue weighted by Gasteiger charge is 2.17. The number of aromatic nitrogens is 2. The Labute approximate surface area is 113 Å². The third kappa shape index (κ3) is 4.40. The topological polar surface area (TPSA) is 139 Å². The van der Waals surface area contributed by atoms with Crippen molar-refractivity contribution in [2.24, 2.45) is 0 Å². The van der Waals surface area contributed by atoms with Crippen LogP contribution in [0.3, 0.4) is 0 Å². The summed E-state index contributed by atoms with van der Waals surface area (Å²) in [5, 5.41) is 19.3. The van der Waals surface area contributed by atoms with E-state index in [4.69, 9.17) is 5.11 Å². The number of carboxylic acids is 1. The molecule has 0 radical (unpaired) electrons. The molecule has 110 valence electrons. The molecular weight excluding hydrogens is 270 g/mol. The fourth-order valence-electron chi connectivity index (χ4n) is 1.57. The van der Waals surface area contributed by atoms with Gasteiger partial charge in [0.15, 0.2) is 5.82 Å². The summed E-state index contributed by atoms with van der Waals surface area (Å²) in [5.41, 5.74) is 5.19. The maximum Gasteiger partial charge on any atom is 0.342 e. The lowest BCUT2D eigenvalue weighted by Crippen LogP contribution is -2.44. The third-order valence-corrected chi connectivity index (χ3v) is 2.53. The van der Waals surface area contributed by atoms with E-state index in [-0.39, 0.29) is 25.3 Å². The minimum atomic E-state index is -1.10. The first-order valence-corrected chi connectivity index (χ1v) is 5.77. The van der Waals surface area contributed by atoms with Crippen LogP contribution in [0.25, 0.3) is 0 Å². The van der Waals surface area contributed by atoms with Crippen molar-refractivity contribution in [3.05, 3.63) is 22.1 Å². The van der Waals surface area contributed by atoms with Crippen LogP contribution in [0.2, 0.25) is 0 Å². The van der Waals surface area contributed by atoms with Gasteiger partial charge >= 0.3 is 11.8 Å². The van der Waals surface area contributed by atoms with Gasteiger partial charge in [-0.15, -0.1) is 0 Å². The summed E-state index contributed by atoms with van der Waals surface area (Å²) < 4.78 is 1.40. The Balaban J connectivity index is 2.45. The number of nitrogens with one attached hydrogen (secondary N) is 2. The Morgan fingerprint density at radius 1 is 1.70 bits per heavy atom. The van der Waals surface area contributed by atoms with Crippen LogP contribution in [0, 0.1) is 17.0 Å². The second kappa shape index (κ2) is 7.31. The third-order valence-electron chi connectivity index (χ3n) is 2.53. The van der Waals surface area contributed by atoms with Crippen LogP contribution in [0.15, 0.2) is 6.20 Å². The Hall–Kier alpha value is -2.33. The number of imidazole rings is 1. The van der Waals surface area contributed by atoms with E-state index in [0.717, 1.165) is 0 Å². The predicted octanol–water partition coefficient (Wildman–Crippen LogP) is -0.764. The molecule has 1 heterocycles. The van der Waals surface area contributed by atoms with Crippen LogP contribution >= 0.6 is 0 Å². The van der Waals surface area contributed by atoms with Crippen LogP contribution in [-0.2, 0) is 16.1 Å². The van der Waals surface area contributed by atoms with Crippen molar-refractivity contribution in [2.75, 3.05) is 6.54 Å². The zero-order chi connectivity index (χ0) is 15.1. The van der Waals surface area contributed by atoms with Crippen LogP contribution in [0.4, 0.5) is 5.82 Å². The minimum Gasteiger partial charge on any atom is -0.481 e. The molecule has 20 heavy (non-hydrogen) atoms. The van der Waals surface area contributed by atoms with Gasteiger partial charge < -0.3 is 20.0 Å². The molecule has 0 amide bonds. The summed E-state index contributed by atoms with van der Waals surface area (Å²) in [6, 6.07) is -0.855. The van der Waals surface area contributed by atoms with Gasteiger partial charge in [-0.1, -0.05) is 0 Å². The van der Waals surface area contributed by atoms with Gasteiger partial charge in [-0.05, 0) is 4.92 Å². The average molecular weight is 285 g/mol. The molecule has 3 N–H and O–H groups in total. The monoisotopic (exact) mass is 285 g/mol. The van der Waals surface area contributed by atoms with E-state index >= 15 is 0 Å². The number of carbonyl (C=O) groups is 2. The molecule has 1 atom stereocenters. The molecule has 1 aromatic heterocycles. The molecule has 0 unspecified atom stereocenters. The number of aryl methyl sites for hydroxylation is 1. The van der Waals surface area contributed by atoms with Gasteiger partial charge in [0.05, 0.1) is 12.5 Å². The van der Waals surface area contributed by atoms with Crippen LogP contribution < -0.4 is 10.9 Å². The first-order chi connectivity index (χ1) is 9.45. The number of hydrogen-bond acceptors (Lipinski definition) is 7. The van der Waals surface area contributed by atoms with Crippen LogP contribution in [0.1, 0.15) is 12.2 Å². The molecule has 10 nitrogen and oxygen atoms in total. The lowest BCUT2D eigenvalue weighted by molar-refractivity contribution is -0.392. The highest BCUT2D eigenvalue weighted by Crippen LogP contribution is 2.12. The van der Waals surface area contributed by atoms with Crippen molar-refractivity contribution in [2.45, 2.75) is 25.9 Å². The zero-order valence-corrected chi connectivity index (χ0v) is 10.8. The van der Waals surface area contributed by atoms with E-state index in [1.807, 2.05) is 0 Å². The molecule has 0 fully saturated rings. The van der Waals surface area contributed by atoms with Crippen molar-refractivity contribution in [1.29, 1.82) is 0 Å². The minimum absolute atomic E-state index is 0.123. The van der Waals surface area contributed by atoms with Gasteiger partial charge in [-0.2, -0.15) is 0 Å². The highest BCUT2D eigenvalue weighted by molar-refractivity contribution is 5.73. The Kier molecular flexibility index (Phi) is 5.74. The number of nitro groups is 1. The molecule has 0 aromatic carbocycles. The van der Waals surface area contributed by atoms with Gasteiger partial charge in [0.1, 0.15) is 19.0 Å². The number of rotatable bonds is 9. The van der Waals surface area contributed by atoms with Gasteiger partial charge in [0.2, 0.25) is 0 Å². The Bertz CT molecular complexity index is 500. The van der Waals surface area contributed by atoms with Gasteiger partial charge in [-0.3, -0.25) is 10.2 Å². The second-order valence-corrected chi connectivity index (χ2v) is 3.98. The summed E-state index contributed by atoms with van der Waals surface area (Å²) in [6.45, 7) is 2.16. The van der Waals surface area contributed by atoms with Crippen molar-refractivity contribution in [3.63, 3.8) is 0 Å². The molecule has 0 aliphatic carbocycles. The van der Waals surface area contributed by atoms with Gasteiger partial charge in [0, 0.05) is 13.5 Å². The van der Waals surface area contributed by atoms with Crippen molar-refractivity contribution in [3.8, 4) is 0 Å². The van der Waals surface area contributed by atoms with Gasteiger partial charge in [0.25, 0.3) is 0 Å². The lowest BCUT2D eigenvalue weighted by Gasteiger charge is -2.11. The van der Waals surface area contributed by atoms with Gasteiger partial charge in [-0.25, -0.2) is 15.0 Å². The summed E-state index contributed by atoms with van der Waals surface area (Å²) in [4.78, 5) is 35.1. The Morgan fingerprint density at radius 3 is 2.95 bits per heavy atom. The Morgan fingerprint density at radius 2 is 2.40 bits per heavy atom. The molecule has 10 heteroatoms. The normalized spacial score (nSPS) is 12.1. The zero-order valence-electron chi connectivity index (χ0n) is 10.8. The molecule has 0 saturated carbocycles. The van der Waals surface area contributed by atoms with E-state index in [0.29, 0.717) is 12.1 Å². The number of aliphatic carboxylic acids is 1. The van der Waals surface area contributed by atoms with Crippen LogP contribution in [-0.4, -0.2) is 44.4 Å². The highest BCUT2D eigenvalue weighted by atomic mass is 16.6. The number of nitrogens with zero attached hydrogens (tertiary/aromatic N) is 3. The number of hydrogen-bond donors (Lipinski definition) is 3. The van der Waals surface area contributed by atoms with E-state index in [2.05, 4.69) is 15.8 Å². The number of carbonyl (C=O) groups excluding carboxylic acids is 1. The molecular formula is C10H15N5O5. The second-order valence-electron chi connectivity index (χ2n) is 3.98. The fourth-order valence-corrected chi connectivity index (χ4v) is 1.57. The maximum absolute atomic E-state index is 10.7. The first-order valence-electron chi connectivity index (χ1n) is 5.77. The number of aldehydes is 1. The molecule has 0 spiro atoms. The number of carboxylic acid groups (broad SMARTS) is 1. The quantitative estimate of drug-likeness (QED) is 0.233. The summed E-state index contributed by atoms with van der Waals surface area (Å²) in [6.07, 6.45) is 1.30. The average Bonchev–Trinajstić information content (AvgIpc) is 2.74. The lowest BCUT2D eigenvalue weighted by atomic mass is 10.2. The molecule has 1 aromatic rings. The fraction of sp³-hybridized carbons (Fsp3) is 0.500. The molecule has 0 aliphatic rings. The largest absolute Gasteiger partial charge is 0.481 e. The van der Waals surface area contributed by atoms with Crippen molar-refractivity contribution < 1.29 is 19.6 Å². The van der Waals surface area contributed by atoms with Crippen LogP contribution in [0.5, 0.6) is 0 Å². The van der Waals surface area contributed by atoms with E-state index in [1.54, 1.807) is 6.92 Å².